The Morgan fingerprint density at radius 3 is 2.04 bits per heavy atom. The van der Waals surface area contributed by atoms with Gasteiger partial charge in [0.1, 0.15) is 0 Å². The van der Waals surface area contributed by atoms with E-state index in [0.717, 1.165) is 0 Å². The molecule has 0 N–H and O–H groups in total. The third-order valence-electron chi connectivity index (χ3n) is 6.81. The van der Waals surface area contributed by atoms with Gasteiger partial charge in [-0.15, -0.1) is 19.5 Å². The second-order valence-electron chi connectivity index (χ2n) is 8.69. The van der Waals surface area contributed by atoms with Gasteiger partial charge in [0, 0.05) is 0 Å². The molecule has 136 valence electrons. The van der Waals surface area contributed by atoms with Crippen LogP contribution in [0, 0.1) is 17.3 Å². The maximum absolute atomic E-state index is 6.70. The fraction of sp³-hybridized carbons (Fsp3) is 0.800. The smallest absolute Gasteiger partial charge is 0.0827 e. The van der Waals surface area contributed by atoms with Crippen molar-refractivity contribution in [2.24, 2.45) is 17.3 Å². The highest BCUT2D eigenvalue weighted by Gasteiger charge is 2.49. The van der Waals surface area contributed by atoms with Crippen molar-refractivity contribution < 1.29 is 4.74 Å². The lowest BCUT2D eigenvalue weighted by atomic mass is 9.77. The van der Waals surface area contributed by atoms with Crippen LogP contribution >= 0.6 is 14.4 Å². The SMILES string of the molecule is C=C1[C@@H](C)C(C)(C)[C@H](C)[C@H]1OC(C)(C)[PH](=C)CP(=C)(CC)CC. The molecule has 0 aromatic heterocycles. The molecular weight excluding hydrogens is 318 g/mol. The maximum atomic E-state index is 6.70. The summed E-state index contributed by atoms with van der Waals surface area (Å²) in [5, 5.41) is -0.139. The Balaban J connectivity index is 2.92. The Morgan fingerprint density at radius 2 is 1.70 bits per heavy atom. The molecule has 23 heavy (non-hydrogen) atoms. The van der Waals surface area contributed by atoms with Crippen LogP contribution in [-0.4, -0.2) is 42.3 Å². The van der Waals surface area contributed by atoms with Crippen molar-refractivity contribution in [3.8, 4) is 0 Å². The monoisotopic (exact) mass is 358 g/mol. The second-order valence-corrected chi connectivity index (χ2v) is 16.3. The largest absolute Gasteiger partial charge is 0.364 e. The molecule has 1 aliphatic rings. The van der Waals surface area contributed by atoms with Crippen molar-refractivity contribution in [1.82, 2.24) is 0 Å². The van der Waals surface area contributed by atoms with Crippen molar-refractivity contribution in [2.45, 2.75) is 66.8 Å². The van der Waals surface area contributed by atoms with Gasteiger partial charge >= 0.3 is 0 Å². The zero-order valence-electron chi connectivity index (χ0n) is 16.8. The molecule has 1 saturated carbocycles. The van der Waals surface area contributed by atoms with E-state index in [9.17, 15) is 0 Å². The van der Waals surface area contributed by atoms with Gasteiger partial charge in [-0.2, -0.15) is 0 Å². The summed E-state index contributed by atoms with van der Waals surface area (Å²) in [6.45, 7) is 21.7. The molecule has 1 unspecified atom stereocenters. The van der Waals surface area contributed by atoms with Gasteiger partial charge in [0.15, 0.2) is 0 Å². The normalized spacial score (nSPS) is 29.7. The number of rotatable bonds is 7. The van der Waals surface area contributed by atoms with Crippen LogP contribution in [0.3, 0.4) is 0 Å². The molecule has 0 spiro atoms. The average Bonchev–Trinajstić information content (AvgIpc) is 2.62. The number of ether oxygens (including phenoxy) is 1. The molecule has 4 atom stereocenters. The standard InChI is InChI=1S/C20H40OP2/c1-12-23(11,13-2)14-22(10)20(8,9)21-18-15(3)16(4)19(6,7)17(18)5/h16-18,22H,3,10-14H2,1-2,4-9H3/t16-,17-,18+/m1/s1. The lowest BCUT2D eigenvalue weighted by Gasteiger charge is -2.38. The van der Waals surface area contributed by atoms with E-state index in [-0.39, 0.29) is 16.9 Å². The Kier molecular flexibility index (Phi) is 6.75. The molecule has 1 aliphatic carbocycles. The highest BCUT2D eigenvalue weighted by Crippen LogP contribution is 2.58. The lowest BCUT2D eigenvalue weighted by molar-refractivity contribution is -0.0285. The van der Waals surface area contributed by atoms with Crippen LogP contribution in [0.25, 0.3) is 0 Å². The fourth-order valence-corrected chi connectivity index (χ4v) is 10.7. The number of hydrogen-bond acceptors (Lipinski definition) is 1. The first kappa shape index (κ1) is 21.3. The molecular formula is C20H40OP2. The van der Waals surface area contributed by atoms with E-state index in [0.29, 0.717) is 11.8 Å². The predicted octanol–water partition coefficient (Wildman–Crippen LogP) is 6.07. The first-order valence-electron chi connectivity index (χ1n) is 9.07. The Bertz CT molecular complexity index is 508. The quantitative estimate of drug-likeness (QED) is 0.396. The van der Waals surface area contributed by atoms with Crippen LogP contribution in [0.2, 0.25) is 0 Å². The average molecular weight is 358 g/mol. The minimum Gasteiger partial charge on any atom is -0.364 e. The minimum absolute atomic E-state index is 0.139. The molecule has 0 amide bonds. The molecule has 0 heterocycles. The van der Waals surface area contributed by atoms with E-state index in [1.54, 1.807) is 0 Å². The van der Waals surface area contributed by atoms with Gasteiger partial charge < -0.3 is 4.74 Å². The van der Waals surface area contributed by atoms with Crippen molar-refractivity contribution >= 4 is 27.0 Å². The van der Waals surface area contributed by atoms with E-state index in [1.807, 2.05) is 0 Å². The summed E-state index contributed by atoms with van der Waals surface area (Å²) >= 11 is 0. The van der Waals surface area contributed by atoms with Crippen molar-refractivity contribution in [3.05, 3.63) is 12.2 Å². The van der Waals surface area contributed by atoms with Crippen molar-refractivity contribution in [2.75, 3.05) is 18.2 Å². The summed E-state index contributed by atoms with van der Waals surface area (Å²) in [5.41, 5.74) is 1.52. The molecule has 0 aliphatic heterocycles. The van der Waals surface area contributed by atoms with Crippen LogP contribution in [0.4, 0.5) is 0 Å². The van der Waals surface area contributed by atoms with Gasteiger partial charge in [-0.3, -0.25) is 0 Å². The van der Waals surface area contributed by atoms with Crippen LogP contribution in [0.1, 0.15) is 55.4 Å². The van der Waals surface area contributed by atoms with Crippen molar-refractivity contribution in [3.63, 3.8) is 0 Å². The van der Waals surface area contributed by atoms with Gasteiger partial charge in [-0.25, -0.2) is 0 Å². The molecule has 1 fully saturated rings. The molecule has 0 bridgehead atoms. The molecule has 0 aromatic carbocycles. The highest BCUT2D eigenvalue weighted by molar-refractivity contribution is 7.83. The Hall–Kier alpha value is 0.300. The van der Waals surface area contributed by atoms with Crippen LogP contribution in [0.5, 0.6) is 0 Å². The molecule has 1 nitrogen and oxygen atoms in total. The summed E-state index contributed by atoms with van der Waals surface area (Å²) in [5.74, 6) is 2.21. The molecule has 0 aromatic rings. The van der Waals surface area contributed by atoms with E-state index in [1.165, 1.54) is 23.8 Å². The molecule has 3 heteroatoms. The lowest BCUT2D eigenvalue weighted by Crippen LogP contribution is -2.33. The van der Waals surface area contributed by atoms with Gasteiger partial charge in [-0.1, -0.05) is 55.7 Å². The molecule has 1 rings (SSSR count). The third-order valence-corrected chi connectivity index (χ3v) is 15.5. The summed E-state index contributed by atoms with van der Waals surface area (Å²) in [4.78, 5) is 0. The van der Waals surface area contributed by atoms with E-state index in [4.69, 9.17) is 4.74 Å². The Morgan fingerprint density at radius 1 is 1.22 bits per heavy atom. The molecule has 0 saturated heterocycles. The highest BCUT2D eigenvalue weighted by atomic mass is 31.2. The first-order chi connectivity index (χ1) is 10.3. The fourth-order valence-electron chi connectivity index (χ4n) is 3.45. The number of hydrogen-bond donors (Lipinski definition) is 0. The summed E-state index contributed by atoms with van der Waals surface area (Å²) in [7, 11) is -0.861. The zero-order valence-corrected chi connectivity index (χ0v) is 18.7. The van der Waals surface area contributed by atoms with E-state index >= 15 is 0 Å². The van der Waals surface area contributed by atoms with Crippen LogP contribution < -0.4 is 0 Å². The van der Waals surface area contributed by atoms with Gasteiger partial charge in [0.25, 0.3) is 0 Å². The van der Waals surface area contributed by atoms with Gasteiger partial charge in [0.2, 0.25) is 0 Å². The maximum Gasteiger partial charge on any atom is 0.0827 e. The zero-order chi connectivity index (χ0) is 18.2. The minimum atomic E-state index is -1.07. The van der Waals surface area contributed by atoms with E-state index in [2.05, 4.69) is 74.6 Å². The first-order valence-corrected chi connectivity index (χ1v) is 13.5. The van der Waals surface area contributed by atoms with Crippen molar-refractivity contribution in [1.29, 1.82) is 0 Å². The Labute approximate surface area is 146 Å². The predicted molar refractivity (Wildman–Crippen MR) is 116 cm³/mol. The molecule has 0 radical (unpaired) electrons. The topological polar surface area (TPSA) is 9.23 Å². The third kappa shape index (κ3) is 4.29. The summed E-state index contributed by atoms with van der Waals surface area (Å²) in [6.07, 6.45) is 11.8. The van der Waals surface area contributed by atoms with Crippen LogP contribution in [0.15, 0.2) is 12.2 Å². The van der Waals surface area contributed by atoms with Gasteiger partial charge in [0.05, 0.1) is 11.4 Å². The second kappa shape index (κ2) is 7.27. The van der Waals surface area contributed by atoms with Gasteiger partial charge in [-0.05, 0) is 54.9 Å². The summed E-state index contributed by atoms with van der Waals surface area (Å²) < 4.78 is 6.70. The van der Waals surface area contributed by atoms with E-state index < -0.39 is 14.4 Å². The summed E-state index contributed by atoms with van der Waals surface area (Å²) in [6, 6.07) is 0. The van der Waals surface area contributed by atoms with Crippen LogP contribution in [-0.2, 0) is 4.74 Å².